The molecule has 1 fully saturated rings. The number of fused-ring (bicyclic) bond motifs is 3. The fraction of sp³-hybridized carbons (Fsp3) is 0.667. The zero-order valence-electron chi connectivity index (χ0n) is 7.88. The van der Waals surface area contributed by atoms with Crippen LogP contribution in [0.4, 0.5) is 13.2 Å². The highest BCUT2D eigenvalue weighted by molar-refractivity contribution is 5.37. The minimum Gasteiger partial charge on any atom is -0.323 e. The minimum absolute atomic E-state index is 0.224. The summed E-state index contributed by atoms with van der Waals surface area (Å²) in [6, 6.07) is 0. The first-order chi connectivity index (χ1) is 6.98. The van der Waals surface area contributed by atoms with E-state index in [1.54, 1.807) is 0 Å². The summed E-state index contributed by atoms with van der Waals surface area (Å²) in [6.07, 6.45) is -2.11. The lowest BCUT2D eigenvalue weighted by Gasteiger charge is -2.12. The molecule has 82 valence electrons. The fourth-order valence-corrected chi connectivity index (χ4v) is 2.58. The van der Waals surface area contributed by atoms with Crippen LogP contribution in [-0.4, -0.2) is 9.89 Å². The number of aromatic nitrogens is 2. The van der Waals surface area contributed by atoms with Crippen LogP contribution in [0, 0.1) is 5.92 Å². The van der Waals surface area contributed by atoms with Gasteiger partial charge in [-0.2, -0.15) is 18.0 Å². The van der Waals surface area contributed by atoms with Gasteiger partial charge in [-0.25, -0.2) is 0 Å². The number of alkyl halides is 3. The van der Waals surface area contributed by atoms with Crippen molar-refractivity contribution < 1.29 is 13.2 Å². The maximum absolute atomic E-state index is 12.6. The zero-order chi connectivity index (χ0) is 10.8. The van der Waals surface area contributed by atoms with Gasteiger partial charge < -0.3 is 5.84 Å². The summed E-state index contributed by atoms with van der Waals surface area (Å²) in [7, 11) is 0. The van der Waals surface area contributed by atoms with Gasteiger partial charge in [0.1, 0.15) is 0 Å². The first kappa shape index (κ1) is 9.06. The molecule has 6 heteroatoms. The predicted octanol–water partition coefficient (Wildman–Crippen LogP) is 1.67. The highest BCUT2D eigenvalue weighted by Gasteiger charge is 2.49. The van der Waals surface area contributed by atoms with Crippen LogP contribution in [0.25, 0.3) is 0 Å². The van der Waals surface area contributed by atoms with Crippen LogP contribution in [0.15, 0.2) is 0 Å². The number of nitrogen functional groups attached to an aromatic ring is 1. The summed E-state index contributed by atoms with van der Waals surface area (Å²) in [6.45, 7) is 0. The van der Waals surface area contributed by atoms with Crippen molar-refractivity contribution in [3.05, 3.63) is 17.0 Å². The molecule has 2 aliphatic carbocycles. The van der Waals surface area contributed by atoms with E-state index in [-0.39, 0.29) is 5.92 Å². The second-order valence-electron chi connectivity index (χ2n) is 4.30. The Kier molecular flexibility index (Phi) is 1.50. The quantitative estimate of drug-likeness (QED) is 0.672. The summed E-state index contributed by atoms with van der Waals surface area (Å²) in [4.78, 5) is 0.933. The topological polar surface area (TPSA) is 43.8 Å². The molecule has 0 amide bonds. The molecule has 0 aromatic carbocycles. The number of nitrogens with two attached hydrogens (primary N) is 1. The van der Waals surface area contributed by atoms with Gasteiger partial charge in [0.15, 0.2) is 5.69 Å². The van der Waals surface area contributed by atoms with Gasteiger partial charge in [-0.15, -0.1) is 5.10 Å². The Morgan fingerprint density at radius 3 is 2.80 bits per heavy atom. The van der Waals surface area contributed by atoms with Gasteiger partial charge in [0.2, 0.25) is 0 Å². The Bertz CT molecular complexity index is 421. The van der Waals surface area contributed by atoms with Crippen LogP contribution in [0.1, 0.15) is 35.7 Å². The molecule has 3 nitrogen and oxygen atoms in total. The smallest absolute Gasteiger partial charge is 0.323 e. The Balaban J connectivity index is 2.15. The fourth-order valence-electron chi connectivity index (χ4n) is 2.58. The third-order valence-electron chi connectivity index (χ3n) is 3.36. The SMILES string of the molecule is Nn1nc(C(F)(F)F)c2c1C1CC1CC2. The van der Waals surface area contributed by atoms with E-state index in [0.717, 1.165) is 17.6 Å². The molecule has 2 N–H and O–H groups in total. The third-order valence-corrected chi connectivity index (χ3v) is 3.36. The summed E-state index contributed by atoms with van der Waals surface area (Å²) in [5, 5.41) is 3.41. The molecule has 2 atom stereocenters. The van der Waals surface area contributed by atoms with Crippen molar-refractivity contribution in [2.24, 2.45) is 5.92 Å². The van der Waals surface area contributed by atoms with Gasteiger partial charge in [0.25, 0.3) is 0 Å². The molecular weight excluding hydrogens is 207 g/mol. The molecular formula is C9H10F3N3. The van der Waals surface area contributed by atoms with Crippen molar-refractivity contribution in [3.8, 4) is 0 Å². The second-order valence-corrected chi connectivity index (χ2v) is 4.30. The lowest BCUT2D eigenvalue weighted by atomic mass is 9.96. The van der Waals surface area contributed by atoms with Crippen molar-refractivity contribution in [3.63, 3.8) is 0 Å². The number of rotatable bonds is 0. The molecule has 1 heterocycles. The molecule has 0 bridgehead atoms. The van der Waals surface area contributed by atoms with Gasteiger partial charge in [-0.3, -0.25) is 0 Å². The Morgan fingerprint density at radius 1 is 1.40 bits per heavy atom. The van der Waals surface area contributed by atoms with E-state index in [0.29, 0.717) is 23.6 Å². The molecule has 1 saturated carbocycles. The van der Waals surface area contributed by atoms with E-state index in [9.17, 15) is 13.2 Å². The van der Waals surface area contributed by atoms with Gasteiger partial charge in [-0.05, 0) is 25.2 Å². The second kappa shape index (κ2) is 2.48. The van der Waals surface area contributed by atoms with Gasteiger partial charge in [-0.1, -0.05) is 0 Å². The molecule has 0 saturated heterocycles. The third kappa shape index (κ3) is 1.16. The first-order valence-corrected chi connectivity index (χ1v) is 4.92. The Hall–Kier alpha value is -1.20. The standard InChI is InChI=1S/C9H10F3N3/c10-9(11,12)8-5-2-1-4-3-6(4)7(5)15(13)14-8/h4,6H,1-3,13H2. The summed E-state index contributed by atoms with van der Waals surface area (Å²) < 4.78 is 37.8. The van der Waals surface area contributed by atoms with Crippen molar-refractivity contribution >= 4 is 0 Å². The minimum atomic E-state index is -4.38. The average molecular weight is 217 g/mol. The number of nitrogens with zero attached hydrogens (tertiary/aromatic N) is 2. The molecule has 2 unspecified atom stereocenters. The van der Waals surface area contributed by atoms with E-state index in [2.05, 4.69) is 5.10 Å². The van der Waals surface area contributed by atoms with Gasteiger partial charge in [0, 0.05) is 11.5 Å². The van der Waals surface area contributed by atoms with Gasteiger partial charge in [0.05, 0.1) is 5.69 Å². The summed E-state index contributed by atoms with van der Waals surface area (Å²) in [5.74, 6) is 6.25. The van der Waals surface area contributed by atoms with Gasteiger partial charge >= 0.3 is 6.18 Å². The number of halogens is 3. The molecule has 0 spiro atoms. The maximum Gasteiger partial charge on any atom is 0.435 e. The van der Waals surface area contributed by atoms with Crippen molar-refractivity contribution in [1.82, 2.24) is 9.89 Å². The largest absolute Gasteiger partial charge is 0.435 e. The molecule has 1 aromatic rings. The zero-order valence-corrected chi connectivity index (χ0v) is 7.88. The lowest BCUT2D eigenvalue weighted by Crippen LogP contribution is -2.16. The van der Waals surface area contributed by atoms with E-state index in [4.69, 9.17) is 5.84 Å². The van der Waals surface area contributed by atoms with Crippen LogP contribution in [0.5, 0.6) is 0 Å². The highest BCUT2D eigenvalue weighted by atomic mass is 19.4. The van der Waals surface area contributed by atoms with Crippen LogP contribution >= 0.6 is 0 Å². The highest BCUT2D eigenvalue weighted by Crippen LogP contribution is 2.55. The van der Waals surface area contributed by atoms with Crippen LogP contribution in [-0.2, 0) is 12.6 Å². The Morgan fingerprint density at radius 2 is 2.13 bits per heavy atom. The van der Waals surface area contributed by atoms with Crippen LogP contribution in [0.2, 0.25) is 0 Å². The van der Waals surface area contributed by atoms with Crippen molar-refractivity contribution in [1.29, 1.82) is 0 Å². The predicted molar refractivity (Wildman–Crippen MR) is 46.5 cm³/mol. The molecule has 2 aliphatic rings. The van der Waals surface area contributed by atoms with Crippen molar-refractivity contribution in [2.45, 2.75) is 31.4 Å². The van der Waals surface area contributed by atoms with Crippen LogP contribution in [0.3, 0.4) is 0 Å². The molecule has 15 heavy (non-hydrogen) atoms. The van der Waals surface area contributed by atoms with E-state index in [1.807, 2.05) is 0 Å². The average Bonchev–Trinajstić information content (AvgIpc) is 2.83. The van der Waals surface area contributed by atoms with E-state index < -0.39 is 11.9 Å². The normalized spacial score (nSPS) is 28.5. The Labute approximate surface area is 84.0 Å². The molecule has 0 radical (unpaired) electrons. The monoisotopic (exact) mass is 217 g/mol. The van der Waals surface area contributed by atoms with E-state index >= 15 is 0 Å². The maximum atomic E-state index is 12.6. The number of hydrogen-bond acceptors (Lipinski definition) is 2. The molecule has 1 aromatic heterocycles. The first-order valence-electron chi connectivity index (χ1n) is 4.92. The molecule has 3 rings (SSSR count). The lowest BCUT2D eigenvalue weighted by molar-refractivity contribution is -0.142. The molecule has 0 aliphatic heterocycles. The van der Waals surface area contributed by atoms with Crippen LogP contribution < -0.4 is 5.84 Å². The number of hydrogen-bond donors (Lipinski definition) is 1. The van der Waals surface area contributed by atoms with E-state index in [1.165, 1.54) is 0 Å². The summed E-state index contributed by atoms with van der Waals surface area (Å²) in [5.41, 5.74) is 0.146. The van der Waals surface area contributed by atoms with Crippen molar-refractivity contribution in [2.75, 3.05) is 5.84 Å². The summed E-state index contributed by atoms with van der Waals surface area (Å²) >= 11 is 0.